The summed E-state index contributed by atoms with van der Waals surface area (Å²) >= 11 is 0. The van der Waals surface area contributed by atoms with Crippen LogP contribution in [0.25, 0.3) is 0 Å². The Kier molecular flexibility index (Phi) is 7.44. The molecule has 0 unspecified atom stereocenters. The number of benzene rings is 2. The lowest BCUT2D eigenvalue weighted by Gasteiger charge is -2.36. The van der Waals surface area contributed by atoms with Crippen LogP contribution in [0.1, 0.15) is 12.8 Å². The maximum absolute atomic E-state index is 12.6. The molecule has 0 aromatic heterocycles. The van der Waals surface area contributed by atoms with Crippen molar-refractivity contribution in [3.8, 4) is 0 Å². The Hall–Kier alpha value is -3.55. The number of amides is 4. The number of nitrogens with one attached hydrogen (secondary N) is 2. The van der Waals surface area contributed by atoms with Gasteiger partial charge >= 0.3 is 6.03 Å². The molecule has 2 aromatic rings. The van der Waals surface area contributed by atoms with Crippen molar-refractivity contribution >= 4 is 29.2 Å². The molecule has 0 atom stereocenters. The van der Waals surface area contributed by atoms with Gasteiger partial charge in [-0.3, -0.25) is 9.59 Å². The fraction of sp³-hybridized carbons (Fsp3) is 0.400. The number of hydrogen-bond acceptors (Lipinski definition) is 4. The third kappa shape index (κ3) is 6.03. The molecule has 2 aliphatic rings. The Labute approximate surface area is 194 Å². The first-order chi connectivity index (χ1) is 16.1. The minimum atomic E-state index is -0.173. The third-order valence-corrected chi connectivity index (χ3v) is 6.35. The number of urea groups is 1. The molecule has 4 rings (SSSR count). The van der Waals surface area contributed by atoms with Crippen molar-refractivity contribution in [1.29, 1.82) is 0 Å². The number of nitrogens with zero attached hydrogens (tertiary/aromatic N) is 3. The Bertz CT molecular complexity index is 937. The number of carbonyl (C=O) groups excluding carboxylic acids is 3. The summed E-state index contributed by atoms with van der Waals surface area (Å²) in [5, 5.41) is 5.69. The zero-order chi connectivity index (χ0) is 23.0. The van der Waals surface area contributed by atoms with Gasteiger partial charge in [-0.15, -0.1) is 0 Å². The maximum Gasteiger partial charge on any atom is 0.321 e. The van der Waals surface area contributed by atoms with E-state index in [9.17, 15) is 14.4 Å². The van der Waals surface area contributed by atoms with E-state index in [0.717, 1.165) is 18.8 Å². The Morgan fingerprint density at radius 3 is 2.00 bits per heavy atom. The van der Waals surface area contributed by atoms with E-state index in [-0.39, 0.29) is 30.3 Å². The fourth-order valence-corrected chi connectivity index (χ4v) is 4.34. The maximum atomic E-state index is 12.6. The van der Waals surface area contributed by atoms with Gasteiger partial charge in [-0.2, -0.15) is 0 Å². The number of piperazine rings is 1. The smallest absolute Gasteiger partial charge is 0.321 e. The summed E-state index contributed by atoms with van der Waals surface area (Å²) in [6, 6.07) is 19.4. The summed E-state index contributed by atoms with van der Waals surface area (Å²) in [5.41, 5.74) is 1.92. The lowest BCUT2D eigenvalue weighted by molar-refractivity contribution is -0.134. The number of para-hydroxylation sites is 2. The van der Waals surface area contributed by atoms with Gasteiger partial charge in [0.2, 0.25) is 11.8 Å². The molecule has 0 radical (unpaired) electrons. The molecule has 2 fully saturated rings. The first-order valence-corrected chi connectivity index (χ1v) is 11.6. The molecular weight excluding hydrogens is 418 g/mol. The van der Waals surface area contributed by atoms with Crippen molar-refractivity contribution in [3.05, 3.63) is 60.7 Å². The van der Waals surface area contributed by atoms with E-state index in [4.69, 9.17) is 0 Å². The molecule has 0 saturated carbocycles. The molecule has 2 aromatic carbocycles. The molecule has 2 heterocycles. The molecule has 0 aliphatic carbocycles. The SMILES string of the molecule is O=C(NCC(=O)N1CCN(c2ccccc2)CC1)C1CCN(C(=O)Nc2ccccc2)CC1. The molecule has 4 amide bonds. The van der Waals surface area contributed by atoms with Crippen molar-refractivity contribution < 1.29 is 14.4 Å². The van der Waals surface area contributed by atoms with E-state index >= 15 is 0 Å². The van der Waals surface area contributed by atoms with Crippen LogP contribution >= 0.6 is 0 Å². The van der Waals surface area contributed by atoms with Crippen LogP contribution < -0.4 is 15.5 Å². The fourth-order valence-electron chi connectivity index (χ4n) is 4.34. The number of carbonyl (C=O) groups is 3. The highest BCUT2D eigenvalue weighted by Gasteiger charge is 2.28. The van der Waals surface area contributed by atoms with E-state index in [0.29, 0.717) is 39.0 Å². The molecule has 0 bridgehead atoms. The van der Waals surface area contributed by atoms with Gasteiger partial charge in [0.05, 0.1) is 6.54 Å². The summed E-state index contributed by atoms with van der Waals surface area (Å²) in [4.78, 5) is 43.4. The molecular formula is C25H31N5O3. The largest absolute Gasteiger partial charge is 0.368 e. The predicted octanol–water partition coefficient (Wildman–Crippen LogP) is 2.40. The van der Waals surface area contributed by atoms with Gasteiger partial charge in [0, 0.05) is 56.6 Å². The lowest BCUT2D eigenvalue weighted by atomic mass is 9.96. The average Bonchev–Trinajstić information content (AvgIpc) is 2.88. The van der Waals surface area contributed by atoms with Gasteiger partial charge in [0.15, 0.2) is 0 Å². The van der Waals surface area contributed by atoms with Crippen LogP contribution in [0.4, 0.5) is 16.2 Å². The second kappa shape index (κ2) is 10.8. The van der Waals surface area contributed by atoms with E-state index in [1.807, 2.05) is 53.4 Å². The monoisotopic (exact) mass is 449 g/mol. The van der Waals surface area contributed by atoms with E-state index in [1.165, 1.54) is 5.69 Å². The van der Waals surface area contributed by atoms with Gasteiger partial charge in [-0.05, 0) is 37.1 Å². The van der Waals surface area contributed by atoms with Crippen LogP contribution in [-0.4, -0.2) is 73.5 Å². The van der Waals surface area contributed by atoms with Crippen molar-refractivity contribution in [2.75, 3.05) is 56.0 Å². The van der Waals surface area contributed by atoms with Crippen LogP contribution in [0, 0.1) is 5.92 Å². The standard InChI is InChI=1S/C25H31N5O3/c31-23(29-17-15-28(16-18-29)22-9-5-2-6-10-22)19-26-24(32)20-11-13-30(14-12-20)25(33)27-21-7-3-1-4-8-21/h1-10,20H,11-19H2,(H,26,32)(H,27,33). The van der Waals surface area contributed by atoms with E-state index in [2.05, 4.69) is 27.7 Å². The Morgan fingerprint density at radius 1 is 0.758 bits per heavy atom. The second-order valence-corrected chi connectivity index (χ2v) is 8.48. The normalized spacial score (nSPS) is 16.9. The molecule has 2 N–H and O–H groups in total. The number of piperidine rings is 1. The summed E-state index contributed by atoms with van der Waals surface area (Å²) in [7, 11) is 0. The Balaban J connectivity index is 1.15. The highest BCUT2D eigenvalue weighted by Crippen LogP contribution is 2.19. The van der Waals surface area contributed by atoms with Gasteiger partial charge in [-0.1, -0.05) is 36.4 Å². The minimum absolute atomic E-state index is 0.0267. The number of likely N-dealkylation sites (tertiary alicyclic amines) is 1. The molecule has 8 nitrogen and oxygen atoms in total. The summed E-state index contributed by atoms with van der Waals surface area (Å²) in [6.07, 6.45) is 1.19. The van der Waals surface area contributed by atoms with Crippen molar-refractivity contribution in [3.63, 3.8) is 0 Å². The second-order valence-electron chi connectivity index (χ2n) is 8.48. The molecule has 2 aliphatic heterocycles. The highest BCUT2D eigenvalue weighted by molar-refractivity contribution is 5.90. The van der Waals surface area contributed by atoms with Gasteiger partial charge in [-0.25, -0.2) is 4.79 Å². The number of rotatable bonds is 5. The first kappa shape index (κ1) is 22.6. The van der Waals surface area contributed by atoms with Gasteiger partial charge in [0.1, 0.15) is 0 Å². The average molecular weight is 450 g/mol. The molecule has 33 heavy (non-hydrogen) atoms. The molecule has 8 heteroatoms. The van der Waals surface area contributed by atoms with E-state index in [1.54, 1.807) is 4.90 Å². The summed E-state index contributed by atoms with van der Waals surface area (Å²) in [6.45, 7) is 3.94. The van der Waals surface area contributed by atoms with Gasteiger partial charge < -0.3 is 25.3 Å². The van der Waals surface area contributed by atoms with Crippen molar-refractivity contribution in [2.45, 2.75) is 12.8 Å². The zero-order valence-electron chi connectivity index (χ0n) is 18.8. The minimum Gasteiger partial charge on any atom is -0.368 e. The number of hydrogen-bond donors (Lipinski definition) is 2. The van der Waals surface area contributed by atoms with Gasteiger partial charge in [0.25, 0.3) is 0 Å². The topological polar surface area (TPSA) is 85.0 Å². The Morgan fingerprint density at radius 2 is 1.36 bits per heavy atom. The third-order valence-electron chi connectivity index (χ3n) is 6.35. The molecule has 0 spiro atoms. The quantitative estimate of drug-likeness (QED) is 0.734. The van der Waals surface area contributed by atoms with Crippen molar-refractivity contribution in [1.82, 2.24) is 15.1 Å². The van der Waals surface area contributed by atoms with E-state index < -0.39 is 0 Å². The van der Waals surface area contributed by atoms with Crippen LogP contribution in [-0.2, 0) is 9.59 Å². The number of anilines is 2. The highest BCUT2D eigenvalue weighted by atomic mass is 16.2. The van der Waals surface area contributed by atoms with Crippen LogP contribution in [0.3, 0.4) is 0 Å². The van der Waals surface area contributed by atoms with Crippen LogP contribution in [0.5, 0.6) is 0 Å². The lowest BCUT2D eigenvalue weighted by Crippen LogP contribution is -2.52. The zero-order valence-corrected chi connectivity index (χ0v) is 18.8. The molecule has 174 valence electrons. The summed E-state index contributed by atoms with van der Waals surface area (Å²) < 4.78 is 0. The predicted molar refractivity (Wildman–Crippen MR) is 128 cm³/mol. The first-order valence-electron chi connectivity index (χ1n) is 11.6. The van der Waals surface area contributed by atoms with Crippen LogP contribution in [0.2, 0.25) is 0 Å². The molecule has 2 saturated heterocycles. The van der Waals surface area contributed by atoms with Crippen LogP contribution in [0.15, 0.2) is 60.7 Å². The summed E-state index contributed by atoms with van der Waals surface area (Å²) in [5.74, 6) is -0.321. The van der Waals surface area contributed by atoms with Crippen molar-refractivity contribution in [2.24, 2.45) is 5.92 Å².